The average Bonchev–Trinajstić information content (AvgIpc) is 3.49. The Labute approximate surface area is 244 Å². The molecule has 218 valence electrons. The minimum absolute atomic E-state index is 0.0321. The molecule has 42 heavy (non-hydrogen) atoms. The third kappa shape index (κ3) is 5.31. The molecule has 6 rings (SSSR count). The molecule has 10 nitrogen and oxygen atoms in total. The first kappa shape index (κ1) is 28.1. The molecule has 1 aromatic heterocycles. The van der Waals surface area contributed by atoms with Crippen LogP contribution in [0, 0.1) is 0 Å². The summed E-state index contributed by atoms with van der Waals surface area (Å²) in [6, 6.07) is 19.0. The van der Waals surface area contributed by atoms with Gasteiger partial charge >= 0.3 is 0 Å². The first-order valence-corrected chi connectivity index (χ1v) is 15.6. The fourth-order valence-electron chi connectivity index (χ4n) is 5.71. The number of carbonyl (C=O) groups excluding carboxylic acids is 1. The van der Waals surface area contributed by atoms with Crippen molar-refractivity contribution in [2.24, 2.45) is 11.5 Å². The average molecular weight is 588 g/mol. The number of amides is 1. The summed E-state index contributed by atoms with van der Waals surface area (Å²) in [4.78, 5) is 15.0. The Kier molecular flexibility index (Phi) is 7.34. The third-order valence-corrected chi connectivity index (χ3v) is 9.94. The lowest BCUT2D eigenvalue weighted by atomic mass is 9.82. The molecule has 0 bridgehead atoms. The van der Waals surface area contributed by atoms with Crippen molar-refractivity contribution in [3.63, 3.8) is 0 Å². The lowest BCUT2D eigenvalue weighted by Crippen LogP contribution is -2.45. The van der Waals surface area contributed by atoms with Crippen LogP contribution in [0.1, 0.15) is 43.6 Å². The quantitative estimate of drug-likeness (QED) is 0.338. The monoisotopic (exact) mass is 587 g/mol. The van der Waals surface area contributed by atoms with Crippen LogP contribution < -0.4 is 21.1 Å². The van der Waals surface area contributed by atoms with Gasteiger partial charge in [0.15, 0.2) is 9.84 Å². The molecule has 2 heterocycles. The van der Waals surface area contributed by atoms with E-state index in [1.54, 1.807) is 19.2 Å². The Morgan fingerprint density at radius 3 is 2.26 bits per heavy atom. The number of carbonyl (C=O) groups is 1. The summed E-state index contributed by atoms with van der Waals surface area (Å²) in [6.45, 7) is 0.127. The van der Waals surface area contributed by atoms with Crippen molar-refractivity contribution in [1.82, 2.24) is 10.2 Å². The van der Waals surface area contributed by atoms with Crippen molar-refractivity contribution < 1.29 is 22.4 Å². The standard InChI is InChI=1S/C31H33N5O5S/c1-40-24-12-9-22(10-13-24)21-7-5-20(6-8-21)18-36-26-17-23(11-14-27(26)42(38,39)19-25(32)29(36)37)28-34-35-30(41-28)31(33)15-3-2-4-16-31/h5-14,17,25H,2-4,15-16,18-19,32-33H2,1H3/t25-/m0/s1. The van der Waals surface area contributed by atoms with Crippen LogP contribution in [0.2, 0.25) is 0 Å². The number of sulfone groups is 1. The van der Waals surface area contributed by atoms with Gasteiger partial charge in [-0.25, -0.2) is 8.42 Å². The van der Waals surface area contributed by atoms with E-state index in [0.29, 0.717) is 11.5 Å². The molecule has 0 saturated heterocycles. The molecule has 1 aliphatic carbocycles. The predicted molar refractivity (Wildman–Crippen MR) is 158 cm³/mol. The van der Waals surface area contributed by atoms with Crippen LogP contribution in [0.3, 0.4) is 0 Å². The van der Waals surface area contributed by atoms with Crippen molar-refractivity contribution in [3.8, 4) is 28.3 Å². The van der Waals surface area contributed by atoms with Gasteiger partial charge in [0.2, 0.25) is 17.7 Å². The highest BCUT2D eigenvalue weighted by molar-refractivity contribution is 7.91. The van der Waals surface area contributed by atoms with E-state index in [1.165, 1.54) is 11.0 Å². The summed E-state index contributed by atoms with van der Waals surface area (Å²) < 4.78 is 37.8. The highest BCUT2D eigenvalue weighted by Crippen LogP contribution is 2.38. The number of nitrogens with zero attached hydrogens (tertiary/aromatic N) is 3. The van der Waals surface area contributed by atoms with Gasteiger partial charge in [-0.15, -0.1) is 10.2 Å². The van der Waals surface area contributed by atoms with Gasteiger partial charge in [0, 0.05) is 5.56 Å². The van der Waals surface area contributed by atoms with E-state index in [1.807, 2.05) is 48.5 Å². The van der Waals surface area contributed by atoms with Crippen LogP contribution in [0.25, 0.3) is 22.6 Å². The molecule has 0 unspecified atom stereocenters. The topological polar surface area (TPSA) is 155 Å². The highest BCUT2D eigenvalue weighted by Gasteiger charge is 2.38. The van der Waals surface area contributed by atoms with E-state index in [2.05, 4.69) is 10.2 Å². The van der Waals surface area contributed by atoms with Gasteiger partial charge in [-0.1, -0.05) is 55.7 Å². The molecule has 0 radical (unpaired) electrons. The number of fused-ring (bicyclic) bond motifs is 1. The van der Waals surface area contributed by atoms with Crippen LogP contribution in [0.15, 0.2) is 76.0 Å². The molecule has 3 aromatic carbocycles. The summed E-state index contributed by atoms with van der Waals surface area (Å²) in [5.41, 5.74) is 15.6. The molecular weight excluding hydrogens is 554 g/mol. The molecule has 0 spiro atoms. The molecule has 11 heteroatoms. The number of nitrogens with two attached hydrogens (primary N) is 2. The zero-order valence-electron chi connectivity index (χ0n) is 23.3. The van der Waals surface area contributed by atoms with Gasteiger partial charge in [-0.2, -0.15) is 0 Å². The largest absolute Gasteiger partial charge is 0.497 e. The highest BCUT2D eigenvalue weighted by atomic mass is 32.2. The molecule has 4 N–H and O–H groups in total. The SMILES string of the molecule is COc1ccc(-c2ccc(CN3C(=O)[C@@H](N)CS(=O)(=O)c4ccc(-c5nnc(C6(N)CCCCC6)o5)cc43)cc2)cc1. The van der Waals surface area contributed by atoms with E-state index in [4.69, 9.17) is 20.6 Å². The summed E-state index contributed by atoms with van der Waals surface area (Å²) in [5.74, 6) is 0.388. The smallest absolute Gasteiger partial charge is 0.247 e. The van der Waals surface area contributed by atoms with E-state index in [-0.39, 0.29) is 23.0 Å². The summed E-state index contributed by atoms with van der Waals surface area (Å²) >= 11 is 0. The maximum absolute atomic E-state index is 13.5. The zero-order valence-corrected chi connectivity index (χ0v) is 24.1. The van der Waals surface area contributed by atoms with Gasteiger partial charge < -0.3 is 25.5 Å². The number of ether oxygens (including phenoxy) is 1. The second-order valence-corrected chi connectivity index (χ2v) is 13.1. The maximum atomic E-state index is 13.5. The molecule has 1 saturated carbocycles. The van der Waals surface area contributed by atoms with Crippen molar-refractivity contribution in [2.75, 3.05) is 17.8 Å². The second kappa shape index (κ2) is 11.0. The summed E-state index contributed by atoms with van der Waals surface area (Å²) in [5, 5.41) is 8.46. The van der Waals surface area contributed by atoms with Gasteiger partial charge in [-0.3, -0.25) is 4.79 Å². The normalized spacial score (nSPS) is 19.6. The molecule has 1 atom stereocenters. The molecule has 1 fully saturated rings. The van der Waals surface area contributed by atoms with E-state index in [9.17, 15) is 13.2 Å². The van der Waals surface area contributed by atoms with Gasteiger partial charge in [0.25, 0.3) is 0 Å². The Morgan fingerprint density at radius 1 is 0.952 bits per heavy atom. The molecule has 4 aromatic rings. The first-order valence-electron chi connectivity index (χ1n) is 14.0. The van der Waals surface area contributed by atoms with Crippen molar-refractivity contribution in [1.29, 1.82) is 0 Å². The third-order valence-electron chi connectivity index (χ3n) is 8.13. The second-order valence-electron chi connectivity index (χ2n) is 11.0. The minimum atomic E-state index is -3.84. The Morgan fingerprint density at radius 2 is 1.60 bits per heavy atom. The fraction of sp³-hybridized carbons (Fsp3) is 0.323. The van der Waals surface area contributed by atoms with Crippen molar-refractivity contribution in [2.45, 2.75) is 55.1 Å². The first-order chi connectivity index (χ1) is 20.2. The number of aromatic nitrogens is 2. The number of hydrogen-bond donors (Lipinski definition) is 2. The summed E-state index contributed by atoms with van der Waals surface area (Å²) in [7, 11) is -2.22. The molecule has 2 aliphatic rings. The number of methoxy groups -OCH3 is 1. The van der Waals surface area contributed by atoms with Crippen LogP contribution in [-0.4, -0.2) is 43.4 Å². The zero-order chi connectivity index (χ0) is 29.5. The molecular formula is C31H33N5O5S. The van der Waals surface area contributed by atoms with Gasteiger partial charge in [0.05, 0.1) is 41.6 Å². The Balaban J connectivity index is 1.34. The van der Waals surface area contributed by atoms with Crippen LogP contribution in [-0.2, 0) is 26.7 Å². The Hall–Kier alpha value is -4.06. The van der Waals surface area contributed by atoms with Crippen LogP contribution in [0.5, 0.6) is 5.75 Å². The van der Waals surface area contributed by atoms with Crippen LogP contribution >= 0.6 is 0 Å². The van der Waals surface area contributed by atoms with Crippen molar-refractivity contribution >= 4 is 21.4 Å². The van der Waals surface area contributed by atoms with E-state index >= 15 is 0 Å². The van der Waals surface area contributed by atoms with Gasteiger partial charge in [0.1, 0.15) is 5.75 Å². The number of hydrogen-bond acceptors (Lipinski definition) is 9. The number of anilines is 1. The predicted octanol–water partition coefficient (Wildman–Crippen LogP) is 4.18. The van der Waals surface area contributed by atoms with Gasteiger partial charge in [-0.05, 0) is 59.9 Å². The molecule has 1 aliphatic heterocycles. The lowest BCUT2D eigenvalue weighted by Gasteiger charge is -2.29. The number of rotatable bonds is 6. The number of benzene rings is 3. The summed E-state index contributed by atoms with van der Waals surface area (Å²) in [6.07, 6.45) is 4.62. The van der Waals surface area contributed by atoms with E-state index in [0.717, 1.165) is 54.5 Å². The Bertz CT molecular complexity index is 1710. The van der Waals surface area contributed by atoms with Crippen molar-refractivity contribution in [3.05, 3.63) is 78.2 Å². The van der Waals surface area contributed by atoms with Crippen LogP contribution in [0.4, 0.5) is 5.69 Å². The maximum Gasteiger partial charge on any atom is 0.247 e. The molecule has 1 amide bonds. The lowest BCUT2D eigenvalue weighted by molar-refractivity contribution is -0.119. The van der Waals surface area contributed by atoms with E-state index < -0.39 is 33.1 Å². The fourth-order valence-corrected chi connectivity index (χ4v) is 7.27. The minimum Gasteiger partial charge on any atom is -0.497 e.